The number of rotatable bonds is 7. The van der Waals surface area contributed by atoms with Crippen LogP contribution in [0.1, 0.15) is 30.5 Å². The van der Waals surface area contributed by atoms with Crippen LogP contribution in [0.4, 0.5) is 5.69 Å². The van der Waals surface area contributed by atoms with Gasteiger partial charge in [-0.15, -0.1) is 0 Å². The van der Waals surface area contributed by atoms with Crippen LogP contribution >= 0.6 is 39.1 Å². The third kappa shape index (κ3) is 4.91. The molecule has 0 fully saturated rings. The van der Waals surface area contributed by atoms with Crippen molar-refractivity contribution in [2.24, 2.45) is 0 Å². The topological polar surface area (TPSA) is 38.8 Å². The molecule has 0 saturated carbocycles. The minimum atomic E-state index is -0.00881. The Morgan fingerprint density at radius 3 is 2.55 bits per heavy atom. The Morgan fingerprint density at radius 1 is 1.03 bits per heavy atom. The Hall–Kier alpha value is -2.47. The molecule has 0 aliphatic carbocycles. The summed E-state index contributed by atoms with van der Waals surface area (Å²) in [6, 6.07) is 16.9. The van der Waals surface area contributed by atoms with Gasteiger partial charge in [0.2, 0.25) is 0 Å². The highest BCUT2D eigenvalue weighted by Crippen LogP contribution is 2.41. The summed E-state index contributed by atoms with van der Waals surface area (Å²) in [5.41, 5.74) is 4.16. The molecule has 4 nitrogen and oxygen atoms in total. The molecule has 1 heterocycles. The quantitative estimate of drug-likeness (QED) is 0.286. The molecule has 0 unspecified atom stereocenters. The predicted octanol–water partition coefficient (Wildman–Crippen LogP) is 7.64. The maximum atomic E-state index is 13.0. The molecule has 0 atom stereocenters. The highest BCUT2D eigenvalue weighted by atomic mass is 79.9. The van der Waals surface area contributed by atoms with Crippen molar-refractivity contribution in [2.45, 2.75) is 20.5 Å². The molecule has 1 aliphatic rings. The molecule has 0 bridgehead atoms. The van der Waals surface area contributed by atoms with E-state index >= 15 is 0 Å². The maximum Gasteiger partial charge on any atom is 0.258 e. The van der Waals surface area contributed by atoms with Gasteiger partial charge in [0, 0.05) is 33.3 Å². The summed E-state index contributed by atoms with van der Waals surface area (Å²) in [7, 11) is 0. The number of para-hydroxylation sites is 1. The standard InChI is InChI=1S/C26H22BrCl2NO3/c1-3-30-23-8-6-5-7-19(23)20(26(30)31)11-16-12-21(27)25(24(13-16)32-4-2)33-15-17-9-10-18(28)14-22(17)29/h5-14H,3-4,15H2,1-2H3/b20-11-. The predicted molar refractivity (Wildman–Crippen MR) is 138 cm³/mol. The van der Waals surface area contributed by atoms with E-state index in [-0.39, 0.29) is 12.5 Å². The van der Waals surface area contributed by atoms with Crippen LogP contribution in [0.5, 0.6) is 11.5 Å². The number of nitrogens with zero attached hydrogens (tertiary/aromatic N) is 1. The highest BCUT2D eigenvalue weighted by molar-refractivity contribution is 9.10. The van der Waals surface area contributed by atoms with Gasteiger partial charge >= 0.3 is 0 Å². The van der Waals surface area contributed by atoms with Gasteiger partial charge in [-0.2, -0.15) is 0 Å². The van der Waals surface area contributed by atoms with Crippen LogP contribution in [0.15, 0.2) is 59.1 Å². The van der Waals surface area contributed by atoms with Crippen molar-refractivity contribution >= 4 is 62.4 Å². The number of anilines is 1. The fourth-order valence-corrected chi connectivity index (χ4v) is 4.83. The Morgan fingerprint density at radius 2 is 1.82 bits per heavy atom. The Labute approximate surface area is 211 Å². The molecule has 3 aromatic carbocycles. The number of benzene rings is 3. The van der Waals surface area contributed by atoms with E-state index in [1.807, 2.05) is 62.4 Å². The van der Waals surface area contributed by atoms with Gasteiger partial charge in [-0.05, 0) is 71.7 Å². The van der Waals surface area contributed by atoms with Crippen LogP contribution in [0.2, 0.25) is 10.0 Å². The fraction of sp³-hybridized carbons (Fsp3) is 0.192. The summed E-state index contributed by atoms with van der Waals surface area (Å²) in [6.45, 7) is 5.22. The zero-order valence-electron chi connectivity index (χ0n) is 18.2. The summed E-state index contributed by atoms with van der Waals surface area (Å²) < 4.78 is 12.7. The van der Waals surface area contributed by atoms with Gasteiger partial charge in [-0.3, -0.25) is 4.79 Å². The zero-order valence-corrected chi connectivity index (χ0v) is 21.3. The van der Waals surface area contributed by atoms with Gasteiger partial charge in [0.25, 0.3) is 5.91 Å². The molecule has 0 saturated heterocycles. The lowest BCUT2D eigenvalue weighted by Crippen LogP contribution is -2.25. The first-order chi connectivity index (χ1) is 15.9. The molecule has 0 radical (unpaired) electrons. The molecule has 0 N–H and O–H groups in total. The normalized spacial score (nSPS) is 14.0. The lowest BCUT2D eigenvalue weighted by atomic mass is 10.0. The van der Waals surface area contributed by atoms with Crippen LogP contribution in [-0.2, 0) is 11.4 Å². The number of hydrogen-bond donors (Lipinski definition) is 0. The van der Waals surface area contributed by atoms with Gasteiger partial charge in [0.05, 0.1) is 16.8 Å². The number of halogens is 3. The number of hydrogen-bond acceptors (Lipinski definition) is 3. The van der Waals surface area contributed by atoms with E-state index in [0.717, 1.165) is 26.9 Å². The molecule has 7 heteroatoms. The van der Waals surface area contributed by atoms with E-state index in [9.17, 15) is 4.79 Å². The van der Waals surface area contributed by atoms with Crippen molar-refractivity contribution in [3.05, 3.63) is 85.8 Å². The first-order valence-corrected chi connectivity index (χ1v) is 12.1. The average Bonchev–Trinajstić information content (AvgIpc) is 3.05. The lowest BCUT2D eigenvalue weighted by Gasteiger charge is -2.16. The largest absolute Gasteiger partial charge is 0.490 e. The van der Waals surface area contributed by atoms with Crippen LogP contribution in [0.25, 0.3) is 11.6 Å². The second-order valence-electron chi connectivity index (χ2n) is 7.41. The number of fused-ring (bicyclic) bond motifs is 1. The maximum absolute atomic E-state index is 13.0. The van der Waals surface area contributed by atoms with Crippen LogP contribution in [0.3, 0.4) is 0 Å². The second kappa shape index (κ2) is 10.2. The molecule has 1 aliphatic heterocycles. The monoisotopic (exact) mass is 545 g/mol. The zero-order chi connectivity index (χ0) is 23.5. The minimum Gasteiger partial charge on any atom is -0.490 e. The van der Waals surface area contributed by atoms with Crippen LogP contribution in [0, 0.1) is 0 Å². The van der Waals surface area contributed by atoms with E-state index < -0.39 is 0 Å². The number of amides is 1. The molecule has 33 heavy (non-hydrogen) atoms. The Balaban J connectivity index is 1.68. The van der Waals surface area contributed by atoms with E-state index in [2.05, 4.69) is 15.9 Å². The molecule has 0 aromatic heterocycles. The van der Waals surface area contributed by atoms with Crippen molar-refractivity contribution in [1.29, 1.82) is 0 Å². The average molecular weight is 547 g/mol. The van der Waals surface area contributed by atoms with E-state index in [0.29, 0.717) is 40.3 Å². The SMILES string of the molecule is CCOc1cc(/C=C2\C(=O)N(CC)c3ccccc32)cc(Br)c1OCc1ccc(Cl)cc1Cl. The summed E-state index contributed by atoms with van der Waals surface area (Å²) in [5, 5.41) is 1.11. The molecule has 3 aromatic rings. The van der Waals surface area contributed by atoms with Crippen LogP contribution < -0.4 is 14.4 Å². The summed E-state index contributed by atoms with van der Waals surface area (Å²) in [4.78, 5) is 14.8. The summed E-state index contributed by atoms with van der Waals surface area (Å²) >= 11 is 15.9. The van der Waals surface area contributed by atoms with E-state index in [1.54, 1.807) is 17.0 Å². The van der Waals surface area contributed by atoms with Crippen molar-refractivity contribution in [2.75, 3.05) is 18.1 Å². The Bertz CT molecular complexity index is 1240. The molecule has 170 valence electrons. The molecule has 0 spiro atoms. The third-order valence-corrected chi connectivity index (χ3v) is 6.48. The Kier molecular flexibility index (Phi) is 7.32. The lowest BCUT2D eigenvalue weighted by molar-refractivity contribution is -0.112. The first kappa shape index (κ1) is 23.7. The summed E-state index contributed by atoms with van der Waals surface area (Å²) in [5.74, 6) is 1.14. The smallest absolute Gasteiger partial charge is 0.258 e. The molecular formula is C26H22BrCl2NO3. The van der Waals surface area contributed by atoms with Gasteiger partial charge in [-0.25, -0.2) is 0 Å². The number of carbonyl (C=O) groups excluding carboxylic acids is 1. The van der Waals surface area contributed by atoms with Gasteiger partial charge in [0.15, 0.2) is 11.5 Å². The first-order valence-electron chi connectivity index (χ1n) is 10.6. The fourth-order valence-electron chi connectivity index (χ4n) is 3.79. The van der Waals surface area contributed by atoms with Crippen molar-refractivity contribution in [1.82, 2.24) is 0 Å². The van der Waals surface area contributed by atoms with Gasteiger partial charge in [0.1, 0.15) is 6.61 Å². The third-order valence-electron chi connectivity index (χ3n) is 5.31. The van der Waals surface area contributed by atoms with Crippen molar-refractivity contribution < 1.29 is 14.3 Å². The van der Waals surface area contributed by atoms with Gasteiger partial charge in [-0.1, -0.05) is 47.5 Å². The highest BCUT2D eigenvalue weighted by Gasteiger charge is 2.30. The van der Waals surface area contributed by atoms with E-state index in [4.69, 9.17) is 32.7 Å². The van der Waals surface area contributed by atoms with Crippen molar-refractivity contribution in [3.63, 3.8) is 0 Å². The van der Waals surface area contributed by atoms with E-state index in [1.165, 1.54) is 0 Å². The number of ether oxygens (including phenoxy) is 2. The van der Waals surface area contributed by atoms with Gasteiger partial charge < -0.3 is 14.4 Å². The second-order valence-corrected chi connectivity index (χ2v) is 9.11. The van der Waals surface area contributed by atoms with Crippen molar-refractivity contribution in [3.8, 4) is 11.5 Å². The molecule has 4 rings (SSSR count). The van der Waals surface area contributed by atoms with Crippen LogP contribution in [-0.4, -0.2) is 19.1 Å². The summed E-state index contributed by atoms with van der Waals surface area (Å²) in [6.07, 6.45) is 1.89. The molecule has 1 amide bonds. The number of likely N-dealkylation sites (N-methyl/N-ethyl adjacent to an activating group) is 1. The minimum absolute atomic E-state index is 0.00881. The number of carbonyl (C=O) groups is 1. The molecular weight excluding hydrogens is 525 g/mol.